The molecule has 0 fully saturated rings. The van der Waals surface area contributed by atoms with Crippen LogP contribution in [-0.2, 0) is 4.57 Å². The highest BCUT2D eigenvalue weighted by Crippen LogP contribution is 1.54. The van der Waals surface area contributed by atoms with Crippen molar-refractivity contribution in [2.45, 2.75) is 0 Å². The first-order valence-corrected chi connectivity index (χ1v) is 3.55. The Kier molecular flexibility index (Phi) is 20.6. The molecular weight excluding hydrogens is 164 g/mol. The Balaban J connectivity index is 0. The van der Waals surface area contributed by atoms with E-state index in [4.69, 9.17) is 20.3 Å². The lowest BCUT2D eigenvalue weighted by atomic mass is 10.3. The van der Waals surface area contributed by atoms with E-state index < -0.39 is 15.4 Å². The molecule has 0 bridgehead atoms. The predicted octanol–water partition coefficient (Wildman–Crippen LogP) is -3.92. The van der Waals surface area contributed by atoms with E-state index in [1.807, 2.05) is 0 Å². The molecule has 5 N–H and O–H groups in total. The number of hydrogen-bond donors (Lipinski definition) is 5. The molecule has 0 atom stereocenters. The molecule has 0 aliphatic carbocycles. The summed E-state index contributed by atoms with van der Waals surface area (Å²) in [4.78, 5) is 0. The van der Waals surface area contributed by atoms with E-state index in [1.54, 1.807) is 0 Å². The summed E-state index contributed by atoms with van der Waals surface area (Å²) in [6.45, 7) is 1.42. The molecule has 8 heteroatoms. The van der Waals surface area contributed by atoms with Crippen molar-refractivity contribution in [1.82, 2.24) is 5.32 Å². The third-order valence-electron chi connectivity index (χ3n) is 0.760. The minimum absolute atomic E-state index is 0.139. The molecule has 0 unspecified atom stereocenters. The molecule has 0 aliphatic heterocycles. The number of aliphatic hydroxyl groups is 2. The van der Waals surface area contributed by atoms with Crippen LogP contribution in [0.3, 0.4) is 0 Å². The summed E-state index contributed by atoms with van der Waals surface area (Å²) in [5, 5.41) is 34.5. The van der Waals surface area contributed by atoms with Crippen LogP contribution >= 0.6 is 0 Å². The van der Waals surface area contributed by atoms with Crippen molar-refractivity contribution in [1.29, 1.82) is 0 Å². The maximum Gasteiger partial charge on any atom is 0.421 e. The zero-order valence-corrected chi connectivity index (χ0v) is 6.94. The molecule has 0 spiro atoms. The van der Waals surface area contributed by atoms with Crippen LogP contribution in [-0.4, -0.2) is 61.9 Å². The fraction of sp³-hybridized carbons (Fsp3) is 1.00. The average molecular weight is 179 g/mol. The number of nitrogens with one attached hydrogen (secondary N) is 1. The number of aliphatic hydroxyl groups excluding tert-OH is 2. The first-order chi connectivity index (χ1) is 5.83. The molecule has 0 heterocycles. The van der Waals surface area contributed by atoms with E-state index in [0.29, 0.717) is 13.1 Å². The van der Waals surface area contributed by atoms with Gasteiger partial charge >= 0.3 is 15.4 Å². The molecule has 6 nitrogen and oxygen atoms in total. The maximum atomic E-state index is 8.15. The van der Waals surface area contributed by atoms with Gasteiger partial charge in [0.05, 0.1) is 13.2 Å². The van der Waals surface area contributed by atoms with Crippen molar-refractivity contribution < 1.29 is 24.8 Å². The maximum absolute atomic E-state index is 8.15. The lowest BCUT2D eigenvalue weighted by Crippen LogP contribution is -2.21. The highest BCUT2D eigenvalue weighted by molar-refractivity contribution is 6.32. The van der Waals surface area contributed by atoms with Crippen molar-refractivity contribution >= 4 is 15.4 Å². The van der Waals surface area contributed by atoms with Gasteiger partial charge in [-0.2, -0.15) is 0 Å². The van der Waals surface area contributed by atoms with Crippen molar-refractivity contribution in [3.8, 4) is 0 Å². The molecule has 0 rings (SSSR count). The Morgan fingerprint density at radius 1 is 1.00 bits per heavy atom. The topological polar surface area (TPSA) is 102 Å². The molecule has 72 valence electrons. The van der Waals surface area contributed by atoms with Gasteiger partial charge in [0.2, 0.25) is 0 Å². The highest BCUT2D eigenvalue weighted by Gasteiger charge is 1.78. The zero-order chi connectivity index (χ0) is 9.66. The average Bonchev–Trinajstić information content (AvgIpc) is 2.08. The summed E-state index contributed by atoms with van der Waals surface area (Å²) in [6, 6.07) is 0. The summed E-state index contributed by atoms with van der Waals surface area (Å²) >= 11 is 0. The van der Waals surface area contributed by atoms with Gasteiger partial charge in [0, 0.05) is 13.1 Å². The molecule has 0 amide bonds. The Morgan fingerprint density at radius 2 is 1.42 bits per heavy atom. The molecule has 0 saturated carbocycles. The Bertz CT molecular complexity index is 63.4. The van der Waals surface area contributed by atoms with Gasteiger partial charge < -0.3 is 30.1 Å². The van der Waals surface area contributed by atoms with E-state index in [1.165, 1.54) is 0 Å². The van der Waals surface area contributed by atoms with Gasteiger partial charge in [-0.05, 0) is 0 Å². The second-order valence-electron chi connectivity index (χ2n) is 1.66. The summed E-state index contributed by atoms with van der Waals surface area (Å²) in [5.41, 5.74) is 0. The summed E-state index contributed by atoms with van der Waals surface area (Å²) in [5.74, 6) is 0. The van der Waals surface area contributed by atoms with Crippen LogP contribution in [0.4, 0.5) is 0 Å². The standard InChI is InChI=1S/C4H11NO2.B2H4O3/c6-3-1-5-2-4-7;3-1-5-2-4/h5-7H,1-4H2;1-4H. The first kappa shape index (κ1) is 14.4. The highest BCUT2D eigenvalue weighted by atomic mass is 16.5. The molecule has 0 aromatic rings. The Hall–Kier alpha value is -0.110. The van der Waals surface area contributed by atoms with Gasteiger partial charge in [-0.25, -0.2) is 0 Å². The number of rotatable bonds is 6. The second kappa shape index (κ2) is 17.1. The molecular formula is C4H15B2NO5. The minimum Gasteiger partial charge on any atom is -0.457 e. The second-order valence-corrected chi connectivity index (χ2v) is 1.66. The van der Waals surface area contributed by atoms with Crippen molar-refractivity contribution in [2.75, 3.05) is 26.3 Å². The van der Waals surface area contributed by atoms with E-state index in [-0.39, 0.29) is 13.2 Å². The number of hydrogen-bond acceptors (Lipinski definition) is 6. The van der Waals surface area contributed by atoms with Crippen LogP contribution < -0.4 is 5.32 Å². The molecule has 0 aliphatic rings. The van der Waals surface area contributed by atoms with Crippen molar-refractivity contribution in [2.24, 2.45) is 0 Å². The predicted molar refractivity (Wildman–Crippen MR) is 46.9 cm³/mol. The Morgan fingerprint density at radius 3 is 1.58 bits per heavy atom. The zero-order valence-electron chi connectivity index (χ0n) is 6.94. The molecule has 0 aromatic carbocycles. The van der Waals surface area contributed by atoms with Gasteiger partial charge in [-0.3, -0.25) is 0 Å². The molecule has 0 radical (unpaired) electrons. The third kappa shape index (κ3) is 22.5. The third-order valence-corrected chi connectivity index (χ3v) is 0.760. The first-order valence-electron chi connectivity index (χ1n) is 3.55. The van der Waals surface area contributed by atoms with Gasteiger partial charge in [0.1, 0.15) is 0 Å². The lowest BCUT2D eigenvalue weighted by molar-refractivity contribution is 0.266. The monoisotopic (exact) mass is 179 g/mol. The van der Waals surface area contributed by atoms with Crippen LogP contribution in [0.2, 0.25) is 0 Å². The van der Waals surface area contributed by atoms with Gasteiger partial charge in [0.25, 0.3) is 0 Å². The van der Waals surface area contributed by atoms with E-state index in [2.05, 4.69) is 9.89 Å². The summed E-state index contributed by atoms with van der Waals surface area (Å²) in [6.07, 6.45) is 0. The Labute approximate surface area is 72.8 Å². The van der Waals surface area contributed by atoms with Gasteiger partial charge in [-0.1, -0.05) is 0 Å². The molecule has 0 saturated heterocycles. The largest absolute Gasteiger partial charge is 0.457 e. The van der Waals surface area contributed by atoms with E-state index in [0.717, 1.165) is 0 Å². The van der Waals surface area contributed by atoms with Gasteiger partial charge in [0.15, 0.2) is 0 Å². The summed E-state index contributed by atoms with van der Waals surface area (Å²) in [7, 11) is -0.812. The minimum atomic E-state index is -0.406. The smallest absolute Gasteiger partial charge is 0.421 e. The molecule has 0 aromatic heterocycles. The SMILES string of the molecule is OBOBO.OCCNCCO. The quantitative estimate of drug-likeness (QED) is 0.211. The van der Waals surface area contributed by atoms with Crippen LogP contribution in [0, 0.1) is 0 Å². The normalized spacial score (nSPS) is 8.33. The van der Waals surface area contributed by atoms with Crippen LogP contribution in [0.25, 0.3) is 0 Å². The summed E-state index contributed by atoms with van der Waals surface area (Å²) < 4.78 is 3.94. The molecule has 12 heavy (non-hydrogen) atoms. The van der Waals surface area contributed by atoms with Gasteiger partial charge in [-0.15, -0.1) is 0 Å². The fourth-order valence-electron chi connectivity index (χ4n) is 0.324. The van der Waals surface area contributed by atoms with E-state index in [9.17, 15) is 0 Å². The van der Waals surface area contributed by atoms with E-state index >= 15 is 0 Å². The van der Waals surface area contributed by atoms with Crippen molar-refractivity contribution in [3.05, 3.63) is 0 Å². The fourth-order valence-corrected chi connectivity index (χ4v) is 0.324. The van der Waals surface area contributed by atoms with Crippen LogP contribution in [0.5, 0.6) is 0 Å². The van der Waals surface area contributed by atoms with Crippen LogP contribution in [0.15, 0.2) is 0 Å². The lowest BCUT2D eigenvalue weighted by Gasteiger charge is -1.94. The van der Waals surface area contributed by atoms with Crippen LogP contribution in [0.1, 0.15) is 0 Å². The van der Waals surface area contributed by atoms with Crippen molar-refractivity contribution in [3.63, 3.8) is 0 Å².